The second-order valence-corrected chi connectivity index (χ2v) is 11.2. The van der Waals surface area contributed by atoms with E-state index in [9.17, 15) is 9.59 Å². The lowest BCUT2D eigenvalue weighted by atomic mass is 9.58. The Bertz CT molecular complexity index is 946. The molecular weight excluding hydrogens is 438 g/mol. The van der Waals surface area contributed by atoms with Crippen molar-refractivity contribution in [3.63, 3.8) is 0 Å². The lowest BCUT2D eigenvalue weighted by Gasteiger charge is -2.70. The fourth-order valence-electron chi connectivity index (χ4n) is 5.07. The van der Waals surface area contributed by atoms with Crippen molar-refractivity contribution >= 4 is 11.9 Å². The number of esters is 1. The molecule has 190 valence electrons. The highest BCUT2D eigenvalue weighted by Crippen LogP contribution is 2.60. The fourth-order valence-corrected chi connectivity index (χ4v) is 5.07. The third-order valence-electron chi connectivity index (χ3n) is 7.85. The van der Waals surface area contributed by atoms with Crippen molar-refractivity contribution in [2.24, 2.45) is 5.41 Å². The number of hydrogen-bond acceptors (Lipinski definition) is 7. The Kier molecular flexibility index (Phi) is 6.49. The van der Waals surface area contributed by atoms with E-state index in [-0.39, 0.29) is 12.5 Å². The van der Waals surface area contributed by atoms with Crippen molar-refractivity contribution in [1.82, 2.24) is 5.32 Å². The Labute approximate surface area is 202 Å². The molecule has 8 heteroatoms. The molecule has 8 nitrogen and oxygen atoms in total. The molecule has 0 aliphatic carbocycles. The van der Waals surface area contributed by atoms with E-state index in [1.165, 1.54) is 14.0 Å². The number of amides is 1. The minimum absolute atomic E-state index is 0.140. The van der Waals surface area contributed by atoms with Crippen LogP contribution in [0.3, 0.4) is 0 Å². The van der Waals surface area contributed by atoms with Crippen LogP contribution in [-0.2, 0) is 33.3 Å². The van der Waals surface area contributed by atoms with Gasteiger partial charge in [-0.1, -0.05) is 30.3 Å². The summed E-state index contributed by atoms with van der Waals surface area (Å²) in [6, 6.07) is 9.53. The molecule has 3 rings (SSSR count). The second-order valence-electron chi connectivity index (χ2n) is 11.2. The molecule has 0 bridgehead atoms. The quantitative estimate of drug-likeness (QED) is 0.658. The van der Waals surface area contributed by atoms with Crippen molar-refractivity contribution in [1.29, 1.82) is 0 Å². The van der Waals surface area contributed by atoms with Crippen molar-refractivity contribution in [3.05, 3.63) is 35.9 Å². The van der Waals surface area contributed by atoms with Gasteiger partial charge in [0, 0.05) is 19.6 Å². The van der Waals surface area contributed by atoms with Gasteiger partial charge in [0.05, 0.1) is 12.0 Å². The standard InChI is InChI=1S/C26H39NO7/c1-17(28)27-23(6)25(8,33-20(29)21(2,3)4)24(7)22(5,34-26(23,9)30-10)16-31-19(32-24)18-14-12-11-13-15-18/h11-15,19H,16H2,1-10H3,(H,27,28)/t19?,22?,23-,24+,25-,26?/m0/s1. The molecule has 0 aromatic heterocycles. The molecule has 0 saturated carbocycles. The van der Waals surface area contributed by atoms with E-state index < -0.39 is 45.8 Å². The molecule has 3 unspecified atom stereocenters. The first-order chi connectivity index (χ1) is 15.5. The number of rotatable bonds is 4. The number of methoxy groups -OCH3 is 1. The predicted molar refractivity (Wildman–Crippen MR) is 126 cm³/mol. The zero-order chi connectivity index (χ0) is 25.8. The molecule has 0 radical (unpaired) electrons. The monoisotopic (exact) mass is 477 g/mol. The van der Waals surface area contributed by atoms with Gasteiger partial charge < -0.3 is 29.0 Å². The van der Waals surface area contributed by atoms with Gasteiger partial charge in [-0.2, -0.15) is 0 Å². The molecule has 2 fully saturated rings. The maximum atomic E-state index is 13.4. The van der Waals surface area contributed by atoms with Gasteiger partial charge in [0.2, 0.25) is 5.91 Å². The molecule has 0 spiro atoms. The van der Waals surface area contributed by atoms with Gasteiger partial charge >= 0.3 is 5.97 Å². The average Bonchev–Trinajstić information content (AvgIpc) is 2.74. The molecule has 2 saturated heterocycles. The Morgan fingerprint density at radius 2 is 1.65 bits per heavy atom. The molecule has 2 aliphatic rings. The van der Waals surface area contributed by atoms with Gasteiger partial charge in [-0.3, -0.25) is 9.59 Å². The predicted octanol–water partition coefficient (Wildman–Crippen LogP) is 3.89. The minimum Gasteiger partial charge on any atom is -0.453 e. The van der Waals surface area contributed by atoms with Gasteiger partial charge in [-0.05, 0) is 55.4 Å². The van der Waals surface area contributed by atoms with E-state index in [4.69, 9.17) is 23.7 Å². The number of fused-ring (bicyclic) bond motifs is 1. The molecular formula is C26H39NO7. The summed E-state index contributed by atoms with van der Waals surface area (Å²) in [6.45, 7) is 15.8. The number of nitrogens with one attached hydrogen (secondary N) is 1. The third kappa shape index (κ3) is 3.75. The molecule has 1 amide bonds. The van der Waals surface area contributed by atoms with Crippen molar-refractivity contribution < 1.29 is 33.3 Å². The van der Waals surface area contributed by atoms with Gasteiger partial charge in [0.15, 0.2) is 17.7 Å². The maximum Gasteiger partial charge on any atom is 0.311 e. The molecule has 1 N–H and O–H groups in total. The fraction of sp³-hybridized carbons (Fsp3) is 0.692. The Balaban J connectivity index is 2.26. The normalized spacial score (nSPS) is 40.2. The number of carbonyl (C=O) groups is 2. The van der Waals surface area contributed by atoms with Crippen LogP contribution >= 0.6 is 0 Å². The molecule has 1 aromatic rings. The summed E-state index contributed by atoms with van der Waals surface area (Å²) in [6.07, 6.45) is -0.732. The molecule has 1 aromatic carbocycles. The molecule has 34 heavy (non-hydrogen) atoms. The van der Waals surface area contributed by atoms with E-state index >= 15 is 0 Å². The summed E-state index contributed by atoms with van der Waals surface area (Å²) in [4.78, 5) is 25.9. The topological polar surface area (TPSA) is 92.3 Å². The zero-order valence-corrected chi connectivity index (χ0v) is 22.0. The minimum atomic E-state index is -1.45. The van der Waals surface area contributed by atoms with Crippen LogP contribution in [-0.4, -0.2) is 53.7 Å². The maximum absolute atomic E-state index is 13.4. The highest BCUT2D eigenvalue weighted by molar-refractivity contribution is 5.77. The van der Waals surface area contributed by atoms with Crippen LogP contribution < -0.4 is 5.32 Å². The highest BCUT2D eigenvalue weighted by Gasteiger charge is 2.80. The number of carbonyl (C=O) groups excluding carboxylic acids is 2. The second kappa shape index (κ2) is 8.29. The summed E-state index contributed by atoms with van der Waals surface area (Å²) >= 11 is 0. The van der Waals surface area contributed by atoms with Crippen LogP contribution in [0.25, 0.3) is 0 Å². The largest absolute Gasteiger partial charge is 0.453 e. The Morgan fingerprint density at radius 3 is 2.15 bits per heavy atom. The summed E-state index contributed by atoms with van der Waals surface area (Å²) in [5.74, 6) is -2.17. The van der Waals surface area contributed by atoms with Gasteiger partial charge in [-0.15, -0.1) is 0 Å². The summed E-state index contributed by atoms with van der Waals surface area (Å²) in [5, 5.41) is 2.99. The number of hydrogen-bond donors (Lipinski definition) is 1. The van der Waals surface area contributed by atoms with E-state index in [2.05, 4.69) is 5.32 Å². The smallest absolute Gasteiger partial charge is 0.311 e. The third-order valence-corrected chi connectivity index (χ3v) is 7.85. The van der Waals surface area contributed by atoms with E-state index in [1.54, 1.807) is 41.5 Å². The highest BCUT2D eigenvalue weighted by atomic mass is 16.8. The van der Waals surface area contributed by atoms with Crippen molar-refractivity contribution in [3.8, 4) is 0 Å². The lowest BCUT2D eigenvalue weighted by Crippen LogP contribution is -2.90. The number of ether oxygens (including phenoxy) is 5. The summed E-state index contributed by atoms with van der Waals surface area (Å²) < 4.78 is 31.7. The Morgan fingerprint density at radius 1 is 1.06 bits per heavy atom. The van der Waals surface area contributed by atoms with Crippen molar-refractivity contribution in [2.75, 3.05) is 13.7 Å². The van der Waals surface area contributed by atoms with Crippen LogP contribution in [0.2, 0.25) is 0 Å². The lowest BCUT2D eigenvalue weighted by molar-refractivity contribution is -0.468. The van der Waals surface area contributed by atoms with Crippen molar-refractivity contribution in [2.45, 2.75) is 96.7 Å². The van der Waals surface area contributed by atoms with Crippen LogP contribution in [0.4, 0.5) is 0 Å². The summed E-state index contributed by atoms with van der Waals surface area (Å²) in [7, 11) is 1.50. The van der Waals surface area contributed by atoms with Crippen LogP contribution in [0.5, 0.6) is 0 Å². The first-order valence-corrected chi connectivity index (χ1v) is 11.6. The van der Waals surface area contributed by atoms with Gasteiger partial charge in [-0.25, -0.2) is 0 Å². The zero-order valence-electron chi connectivity index (χ0n) is 22.0. The average molecular weight is 478 g/mol. The van der Waals surface area contributed by atoms with Crippen LogP contribution in [0, 0.1) is 5.41 Å². The first kappa shape index (κ1) is 26.6. The number of benzene rings is 1. The molecule has 2 heterocycles. The van der Waals surface area contributed by atoms with Gasteiger partial charge in [0.1, 0.15) is 16.7 Å². The molecule has 6 atom stereocenters. The van der Waals surface area contributed by atoms with E-state index in [0.717, 1.165) is 5.56 Å². The van der Waals surface area contributed by atoms with E-state index in [0.29, 0.717) is 0 Å². The summed E-state index contributed by atoms with van der Waals surface area (Å²) in [5.41, 5.74) is -5.17. The molecule has 2 aliphatic heterocycles. The SMILES string of the molecule is COC1(C)OC2(C)COC(c3ccccc3)O[C@@]2(C)[C@@](C)(OC(=O)C(C)(C)C)[C@]1(C)NC(C)=O. The Hall–Kier alpha value is -2.00. The van der Waals surface area contributed by atoms with Gasteiger partial charge in [0.25, 0.3) is 0 Å². The van der Waals surface area contributed by atoms with E-state index in [1.807, 2.05) is 44.2 Å². The van der Waals surface area contributed by atoms with Crippen LogP contribution in [0.15, 0.2) is 30.3 Å². The van der Waals surface area contributed by atoms with Crippen LogP contribution in [0.1, 0.15) is 74.2 Å². The first-order valence-electron chi connectivity index (χ1n) is 11.6.